The van der Waals surface area contributed by atoms with E-state index in [-0.39, 0.29) is 21.0 Å². The highest BCUT2D eigenvalue weighted by atomic mass is 35.5. The fourth-order valence-electron chi connectivity index (χ4n) is 3.67. The molecule has 12 heteroatoms. The molecule has 3 heterocycles. The Labute approximate surface area is 210 Å². The average Bonchev–Trinajstić information content (AvgIpc) is 3.40. The lowest BCUT2D eigenvalue weighted by Crippen LogP contribution is -2.35. The largest absolute Gasteiger partial charge is 0.490 e. The molecule has 0 unspecified atom stereocenters. The van der Waals surface area contributed by atoms with Crippen LogP contribution >= 0.6 is 23.4 Å². The summed E-state index contributed by atoms with van der Waals surface area (Å²) in [7, 11) is -3.60. The Balaban J connectivity index is 1.45. The molecule has 0 saturated heterocycles. The molecule has 2 aromatic carbocycles. The zero-order valence-corrected chi connectivity index (χ0v) is 20.7. The zero-order valence-electron chi connectivity index (χ0n) is 18.3. The normalized spacial score (nSPS) is 17.1. The molecule has 35 heavy (non-hydrogen) atoms. The number of halogens is 1. The van der Waals surface area contributed by atoms with Gasteiger partial charge in [0.05, 0.1) is 17.1 Å². The van der Waals surface area contributed by atoms with Crippen LogP contribution in [0.1, 0.15) is 5.56 Å². The van der Waals surface area contributed by atoms with Crippen molar-refractivity contribution in [2.24, 2.45) is 10.1 Å². The number of hydrogen-bond donors (Lipinski definition) is 1. The van der Waals surface area contributed by atoms with Gasteiger partial charge in [-0.05, 0) is 36.0 Å². The van der Waals surface area contributed by atoms with E-state index < -0.39 is 15.7 Å². The Hall–Kier alpha value is -3.41. The number of fused-ring (bicyclic) bond motifs is 2. The minimum Gasteiger partial charge on any atom is -0.490 e. The van der Waals surface area contributed by atoms with Crippen molar-refractivity contribution in [1.29, 1.82) is 5.41 Å². The third-order valence-electron chi connectivity index (χ3n) is 5.30. The van der Waals surface area contributed by atoms with Gasteiger partial charge in [-0.3, -0.25) is 10.2 Å². The molecule has 0 saturated carbocycles. The summed E-state index contributed by atoms with van der Waals surface area (Å²) in [6, 6.07) is 14.9. The lowest BCUT2D eigenvalue weighted by atomic mass is 10.1. The Morgan fingerprint density at radius 2 is 1.91 bits per heavy atom. The number of amidine groups is 2. The average molecular weight is 528 g/mol. The first kappa shape index (κ1) is 23.3. The standard InChI is InChI=1S/C23H18ClN5O4S2/c1-35(31,32)23-27-29-20(25)16(21(30)26-22(29)34-23)12-14-13-28(18-8-4-2-6-15(14)18)10-11-33-19-9-5-3-7-17(19)24/h2-9,12-13,25H,10-11H2,1H3/b16-12-,25-20?. The molecule has 0 bridgehead atoms. The lowest BCUT2D eigenvalue weighted by Gasteiger charge is -2.19. The van der Waals surface area contributed by atoms with E-state index in [1.54, 1.807) is 18.2 Å². The number of carbonyl (C=O) groups excluding carboxylic acids is 1. The van der Waals surface area contributed by atoms with Gasteiger partial charge in [-0.1, -0.05) is 41.9 Å². The molecule has 0 atom stereocenters. The number of carbonyl (C=O) groups is 1. The quantitative estimate of drug-likeness (QED) is 0.501. The van der Waals surface area contributed by atoms with E-state index in [1.807, 2.05) is 47.2 Å². The van der Waals surface area contributed by atoms with Gasteiger partial charge in [-0.25, -0.2) is 8.42 Å². The molecular weight excluding hydrogens is 510 g/mol. The fourth-order valence-corrected chi connectivity index (χ4v) is 5.55. The summed E-state index contributed by atoms with van der Waals surface area (Å²) in [5, 5.41) is 15.0. The van der Waals surface area contributed by atoms with Gasteiger partial charge in [-0.2, -0.15) is 10.0 Å². The van der Waals surface area contributed by atoms with Gasteiger partial charge in [0.25, 0.3) is 5.91 Å². The number of para-hydroxylation sites is 2. The molecule has 0 fully saturated rings. The first-order valence-corrected chi connectivity index (χ1v) is 13.5. The number of thioether (sulfide) groups is 1. The number of nitrogens with zero attached hydrogens (tertiary/aromatic N) is 4. The topological polar surface area (TPSA) is 117 Å². The van der Waals surface area contributed by atoms with Crippen LogP contribution in [0.2, 0.25) is 5.02 Å². The molecule has 178 valence electrons. The third-order valence-corrected chi connectivity index (χ3v) is 8.19. The number of nitrogens with one attached hydrogen (secondary N) is 1. The number of rotatable bonds is 5. The van der Waals surface area contributed by atoms with E-state index in [9.17, 15) is 13.2 Å². The molecule has 1 aromatic heterocycles. The monoisotopic (exact) mass is 527 g/mol. The van der Waals surface area contributed by atoms with Crippen LogP contribution in [0.3, 0.4) is 0 Å². The molecule has 0 radical (unpaired) electrons. The Morgan fingerprint density at radius 3 is 2.69 bits per heavy atom. The Morgan fingerprint density at radius 1 is 1.17 bits per heavy atom. The maximum Gasteiger partial charge on any atom is 0.283 e. The van der Waals surface area contributed by atoms with Crippen molar-refractivity contribution in [3.63, 3.8) is 0 Å². The van der Waals surface area contributed by atoms with E-state index in [2.05, 4.69) is 10.1 Å². The molecule has 2 aliphatic heterocycles. The van der Waals surface area contributed by atoms with Gasteiger partial charge in [-0.15, -0.1) is 5.10 Å². The second kappa shape index (κ2) is 8.99. The molecule has 3 aromatic rings. The SMILES string of the molecule is CS(=O)(=O)C1=NN2C(=N)/C(=C/c3cn(CCOc4ccccc4Cl)c4ccccc34)C(=O)N=C2S1. The minimum atomic E-state index is -3.60. The van der Waals surface area contributed by atoms with Gasteiger partial charge in [0.1, 0.15) is 12.4 Å². The van der Waals surface area contributed by atoms with E-state index in [1.165, 1.54) is 0 Å². The summed E-state index contributed by atoms with van der Waals surface area (Å²) in [4.78, 5) is 16.7. The number of benzene rings is 2. The summed E-state index contributed by atoms with van der Waals surface area (Å²) in [6.07, 6.45) is 4.47. The maximum absolute atomic E-state index is 12.7. The van der Waals surface area contributed by atoms with Crippen molar-refractivity contribution >= 4 is 71.5 Å². The van der Waals surface area contributed by atoms with Crippen LogP contribution < -0.4 is 4.74 Å². The van der Waals surface area contributed by atoms with Crippen LogP contribution in [0.25, 0.3) is 17.0 Å². The van der Waals surface area contributed by atoms with E-state index in [4.69, 9.17) is 21.7 Å². The van der Waals surface area contributed by atoms with Crippen molar-refractivity contribution in [3.8, 4) is 5.75 Å². The van der Waals surface area contributed by atoms with Gasteiger partial charge in [0.15, 0.2) is 5.84 Å². The van der Waals surface area contributed by atoms with Crippen LogP contribution in [-0.4, -0.2) is 52.1 Å². The van der Waals surface area contributed by atoms with Crippen molar-refractivity contribution in [2.45, 2.75) is 6.54 Å². The Kier molecular flexibility index (Phi) is 5.99. The second-order valence-corrected chi connectivity index (χ2v) is 11.3. The van der Waals surface area contributed by atoms with Crippen LogP contribution in [0, 0.1) is 5.41 Å². The second-order valence-electron chi connectivity index (χ2n) is 7.73. The lowest BCUT2D eigenvalue weighted by molar-refractivity contribution is -0.114. The van der Waals surface area contributed by atoms with Gasteiger partial charge in [0, 0.05) is 28.9 Å². The zero-order chi connectivity index (χ0) is 24.7. The van der Waals surface area contributed by atoms with Crippen molar-refractivity contribution in [1.82, 2.24) is 9.58 Å². The number of sulfone groups is 1. The summed E-state index contributed by atoms with van der Waals surface area (Å²) in [5.41, 5.74) is 1.66. The van der Waals surface area contributed by atoms with E-state index >= 15 is 0 Å². The minimum absolute atomic E-state index is 0.0167. The van der Waals surface area contributed by atoms with Crippen molar-refractivity contribution in [2.75, 3.05) is 12.9 Å². The van der Waals surface area contributed by atoms with Gasteiger partial charge in [0.2, 0.25) is 19.4 Å². The fraction of sp³-hybridized carbons (Fsp3) is 0.130. The molecule has 1 amide bonds. The first-order chi connectivity index (χ1) is 16.7. The maximum atomic E-state index is 12.7. The van der Waals surface area contributed by atoms with E-state index in [0.717, 1.165) is 33.9 Å². The highest BCUT2D eigenvalue weighted by Gasteiger charge is 2.38. The van der Waals surface area contributed by atoms with Crippen LogP contribution in [-0.2, 0) is 21.2 Å². The number of aromatic nitrogens is 1. The van der Waals surface area contributed by atoms with Gasteiger partial charge >= 0.3 is 0 Å². The highest BCUT2D eigenvalue weighted by Crippen LogP contribution is 2.31. The number of hydrogen-bond acceptors (Lipinski definition) is 7. The summed E-state index contributed by atoms with van der Waals surface area (Å²) < 4.78 is 31.3. The molecule has 0 aliphatic carbocycles. The molecule has 9 nitrogen and oxygen atoms in total. The smallest absolute Gasteiger partial charge is 0.283 e. The number of aliphatic imine (C=N–C) groups is 1. The molecule has 5 rings (SSSR count). The molecule has 1 N–H and O–H groups in total. The molecular formula is C23H18ClN5O4S2. The predicted octanol–water partition coefficient (Wildman–Crippen LogP) is 3.99. The van der Waals surface area contributed by atoms with Crippen LogP contribution in [0.15, 0.2) is 70.4 Å². The summed E-state index contributed by atoms with van der Waals surface area (Å²) in [6.45, 7) is 0.891. The van der Waals surface area contributed by atoms with Gasteiger partial charge < -0.3 is 9.30 Å². The molecule has 2 aliphatic rings. The number of ether oxygens (including phenoxy) is 1. The number of amides is 1. The van der Waals surface area contributed by atoms with Crippen LogP contribution in [0.4, 0.5) is 0 Å². The van der Waals surface area contributed by atoms with E-state index in [0.29, 0.717) is 29.5 Å². The number of hydrazone groups is 1. The van der Waals surface area contributed by atoms with Crippen LogP contribution in [0.5, 0.6) is 5.75 Å². The van der Waals surface area contributed by atoms with Crippen molar-refractivity contribution in [3.05, 3.63) is 70.9 Å². The summed E-state index contributed by atoms with van der Waals surface area (Å²) >= 11 is 6.92. The first-order valence-electron chi connectivity index (χ1n) is 10.4. The Bertz CT molecular complexity index is 1590. The third kappa shape index (κ3) is 4.49. The van der Waals surface area contributed by atoms with Crippen molar-refractivity contribution < 1.29 is 17.9 Å². The predicted molar refractivity (Wildman–Crippen MR) is 139 cm³/mol. The molecule has 0 spiro atoms. The summed E-state index contributed by atoms with van der Waals surface area (Å²) in [5.74, 6) is -0.261. The highest BCUT2D eigenvalue weighted by molar-refractivity contribution is 8.42.